The standard InChI is InChI=1S/C20H20FN3O3/c1-20(2,3)27-19(25)24-9-7-12-14(24)5-4-11(17(12)21)13-10-26-15-6-8-23-18(22)16(13)15/h4-6,8,10H,7,9H2,1-3H3,(H2,22,23). The number of ether oxygens (including phenoxy) is 1. The van der Waals surface area contributed by atoms with Gasteiger partial charge in [0.1, 0.15) is 22.8 Å². The number of nitrogens with zero attached hydrogens (tertiary/aromatic N) is 2. The van der Waals surface area contributed by atoms with Crippen molar-refractivity contribution in [2.75, 3.05) is 17.2 Å². The average molecular weight is 369 g/mol. The number of amides is 1. The Morgan fingerprint density at radius 2 is 2.07 bits per heavy atom. The van der Waals surface area contributed by atoms with Crippen molar-refractivity contribution < 1.29 is 18.3 Å². The van der Waals surface area contributed by atoms with Gasteiger partial charge in [-0.15, -0.1) is 0 Å². The third-order valence-electron chi connectivity index (χ3n) is 4.51. The minimum absolute atomic E-state index is 0.284. The predicted molar refractivity (Wildman–Crippen MR) is 101 cm³/mol. The minimum atomic E-state index is -0.613. The second-order valence-electron chi connectivity index (χ2n) is 7.53. The zero-order chi connectivity index (χ0) is 19.3. The molecule has 140 valence electrons. The minimum Gasteiger partial charge on any atom is -0.463 e. The molecule has 1 aliphatic heterocycles. The van der Waals surface area contributed by atoms with Crippen molar-refractivity contribution in [3.05, 3.63) is 42.0 Å². The average Bonchev–Trinajstić information content (AvgIpc) is 3.19. The molecule has 1 amide bonds. The van der Waals surface area contributed by atoms with E-state index in [1.54, 1.807) is 45.2 Å². The fraction of sp³-hybridized carbons (Fsp3) is 0.300. The molecular weight excluding hydrogens is 349 g/mol. The molecule has 0 aliphatic carbocycles. The van der Waals surface area contributed by atoms with E-state index in [0.717, 1.165) is 0 Å². The number of hydrogen-bond acceptors (Lipinski definition) is 5. The zero-order valence-corrected chi connectivity index (χ0v) is 15.4. The van der Waals surface area contributed by atoms with Crippen LogP contribution in [-0.2, 0) is 11.2 Å². The summed E-state index contributed by atoms with van der Waals surface area (Å²) in [4.78, 5) is 17.9. The Balaban J connectivity index is 1.76. The van der Waals surface area contributed by atoms with Crippen LogP contribution in [0, 0.1) is 5.82 Å². The lowest BCUT2D eigenvalue weighted by Gasteiger charge is -2.24. The summed E-state index contributed by atoms with van der Waals surface area (Å²) >= 11 is 0. The van der Waals surface area contributed by atoms with E-state index in [1.807, 2.05) is 0 Å². The SMILES string of the molecule is CC(C)(C)OC(=O)N1CCc2c1ccc(-c1coc3ccnc(N)c13)c2F. The summed E-state index contributed by atoms with van der Waals surface area (Å²) in [6.45, 7) is 5.77. The van der Waals surface area contributed by atoms with Crippen LogP contribution >= 0.6 is 0 Å². The first-order chi connectivity index (χ1) is 12.8. The van der Waals surface area contributed by atoms with Crippen LogP contribution in [-0.4, -0.2) is 23.2 Å². The fourth-order valence-corrected chi connectivity index (χ4v) is 3.37. The molecule has 7 heteroatoms. The molecule has 1 aromatic carbocycles. The molecule has 2 aromatic heterocycles. The number of nitrogen functional groups attached to an aromatic ring is 1. The number of anilines is 2. The number of pyridine rings is 1. The maximum Gasteiger partial charge on any atom is 0.414 e. The Bertz CT molecular complexity index is 1050. The smallest absolute Gasteiger partial charge is 0.414 e. The van der Waals surface area contributed by atoms with Crippen molar-refractivity contribution in [1.29, 1.82) is 0 Å². The van der Waals surface area contributed by atoms with Crippen LogP contribution < -0.4 is 10.6 Å². The van der Waals surface area contributed by atoms with E-state index in [-0.39, 0.29) is 11.6 Å². The van der Waals surface area contributed by atoms with E-state index in [1.165, 1.54) is 11.2 Å². The Labute approximate surface area is 155 Å². The molecular formula is C20H20FN3O3. The highest BCUT2D eigenvalue weighted by molar-refractivity contribution is 6.01. The molecule has 0 saturated carbocycles. The summed E-state index contributed by atoms with van der Waals surface area (Å²) in [6, 6.07) is 5.05. The molecule has 6 nitrogen and oxygen atoms in total. The molecule has 27 heavy (non-hydrogen) atoms. The van der Waals surface area contributed by atoms with Crippen molar-refractivity contribution >= 4 is 28.6 Å². The van der Waals surface area contributed by atoms with Gasteiger partial charge in [0, 0.05) is 29.4 Å². The maximum absolute atomic E-state index is 15.3. The Kier molecular flexibility index (Phi) is 3.83. The maximum atomic E-state index is 15.3. The van der Waals surface area contributed by atoms with Crippen LogP contribution in [0.25, 0.3) is 22.1 Å². The first kappa shape index (κ1) is 17.3. The molecule has 0 radical (unpaired) electrons. The lowest BCUT2D eigenvalue weighted by atomic mass is 10.0. The van der Waals surface area contributed by atoms with Crippen LogP contribution in [0.3, 0.4) is 0 Å². The van der Waals surface area contributed by atoms with Gasteiger partial charge in [-0.05, 0) is 45.4 Å². The van der Waals surface area contributed by atoms with Crippen LogP contribution in [0.5, 0.6) is 0 Å². The number of rotatable bonds is 1. The van der Waals surface area contributed by atoms with Gasteiger partial charge in [-0.2, -0.15) is 0 Å². The molecule has 1 aliphatic rings. The third kappa shape index (κ3) is 2.89. The summed E-state index contributed by atoms with van der Waals surface area (Å²) < 4.78 is 26.2. The van der Waals surface area contributed by atoms with Crippen molar-refractivity contribution in [1.82, 2.24) is 4.98 Å². The third-order valence-corrected chi connectivity index (χ3v) is 4.51. The molecule has 0 unspecified atom stereocenters. The number of hydrogen-bond donors (Lipinski definition) is 1. The summed E-state index contributed by atoms with van der Waals surface area (Å²) in [7, 11) is 0. The summed E-state index contributed by atoms with van der Waals surface area (Å²) in [6.07, 6.45) is 2.96. The molecule has 0 atom stereocenters. The molecule has 4 rings (SSSR count). The predicted octanol–water partition coefficient (Wildman–Crippen LogP) is 4.51. The van der Waals surface area contributed by atoms with Crippen LogP contribution in [0.1, 0.15) is 26.3 Å². The first-order valence-electron chi connectivity index (χ1n) is 8.70. The van der Waals surface area contributed by atoms with Crippen molar-refractivity contribution in [2.45, 2.75) is 32.8 Å². The van der Waals surface area contributed by atoms with Gasteiger partial charge >= 0.3 is 6.09 Å². The van der Waals surface area contributed by atoms with Gasteiger partial charge in [-0.25, -0.2) is 14.2 Å². The van der Waals surface area contributed by atoms with Crippen molar-refractivity contribution in [2.24, 2.45) is 0 Å². The molecule has 3 heterocycles. The molecule has 3 aromatic rings. The zero-order valence-electron chi connectivity index (χ0n) is 15.4. The number of benzene rings is 1. The Morgan fingerprint density at radius 3 is 2.81 bits per heavy atom. The number of carbonyl (C=O) groups excluding carboxylic acids is 1. The lowest BCUT2D eigenvalue weighted by molar-refractivity contribution is 0.0584. The van der Waals surface area contributed by atoms with E-state index in [0.29, 0.717) is 46.3 Å². The normalized spacial score (nSPS) is 13.9. The van der Waals surface area contributed by atoms with E-state index >= 15 is 4.39 Å². The molecule has 0 fully saturated rings. The van der Waals surface area contributed by atoms with E-state index in [2.05, 4.69) is 4.98 Å². The van der Waals surface area contributed by atoms with Crippen molar-refractivity contribution in [3.8, 4) is 11.1 Å². The summed E-state index contributed by atoms with van der Waals surface area (Å²) in [5.41, 5.74) is 7.83. The number of fused-ring (bicyclic) bond motifs is 2. The van der Waals surface area contributed by atoms with Crippen molar-refractivity contribution in [3.63, 3.8) is 0 Å². The van der Waals surface area contributed by atoms with Gasteiger partial charge in [0.25, 0.3) is 0 Å². The van der Waals surface area contributed by atoms with Gasteiger partial charge in [0.2, 0.25) is 0 Å². The highest BCUT2D eigenvalue weighted by Gasteiger charge is 2.32. The molecule has 0 bridgehead atoms. The second-order valence-corrected chi connectivity index (χ2v) is 7.53. The van der Waals surface area contributed by atoms with Gasteiger partial charge < -0.3 is 14.9 Å². The number of carbonyl (C=O) groups is 1. The van der Waals surface area contributed by atoms with Gasteiger partial charge in [-0.3, -0.25) is 4.90 Å². The van der Waals surface area contributed by atoms with Crippen LogP contribution in [0.4, 0.5) is 20.7 Å². The summed E-state index contributed by atoms with van der Waals surface area (Å²) in [5.74, 6) is -0.101. The van der Waals surface area contributed by atoms with E-state index in [9.17, 15) is 4.79 Å². The number of nitrogens with two attached hydrogens (primary N) is 1. The second kappa shape index (κ2) is 5.97. The molecule has 0 spiro atoms. The molecule has 2 N–H and O–H groups in total. The van der Waals surface area contributed by atoms with E-state index in [4.69, 9.17) is 14.9 Å². The van der Waals surface area contributed by atoms with Crippen LogP contribution in [0.2, 0.25) is 0 Å². The number of halogens is 1. The largest absolute Gasteiger partial charge is 0.463 e. The van der Waals surface area contributed by atoms with Gasteiger partial charge in [-0.1, -0.05) is 0 Å². The van der Waals surface area contributed by atoms with Gasteiger partial charge in [0.05, 0.1) is 17.3 Å². The quantitative estimate of drug-likeness (QED) is 0.682. The van der Waals surface area contributed by atoms with E-state index < -0.39 is 11.7 Å². The topological polar surface area (TPSA) is 81.6 Å². The first-order valence-corrected chi connectivity index (χ1v) is 8.70. The molecule has 0 saturated heterocycles. The van der Waals surface area contributed by atoms with Crippen LogP contribution in [0.15, 0.2) is 35.1 Å². The number of aromatic nitrogens is 1. The summed E-state index contributed by atoms with van der Waals surface area (Å²) in [5, 5.41) is 0.582. The highest BCUT2D eigenvalue weighted by atomic mass is 19.1. The fourth-order valence-electron chi connectivity index (χ4n) is 3.37. The van der Waals surface area contributed by atoms with Gasteiger partial charge in [0.15, 0.2) is 0 Å². The monoisotopic (exact) mass is 369 g/mol. The highest BCUT2D eigenvalue weighted by Crippen LogP contribution is 2.40. The Morgan fingerprint density at radius 1 is 1.30 bits per heavy atom. The number of furan rings is 1. The Hall–Kier alpha value is -3.09. The lowest BCUT2D eigenvalue weighted by Crippen LogP contribution is -2.35.